The van der Waals surface area contributed by atoms with Crippen molar-refractivity contribution in [3.63, 3.8) is 0 Å². The highest BCUT2D eigenvalue weighted by Crippen LogP contribution is 2.34. The number of amides is 2. The van der Waals surface area contributed by atoms with E-state index < -0.39 is 5.41 Å². The Morgan fingerprint density at radius 3 is 2.43 bits per heavy atom. The van der Waals surface area contributed by atoms with E-state index in [-0.39, 0.29) is 11.8 Å². The first-order chi connectivity index (χ1) is 14.4. The second kappa shape index (κ2) is 9.30. The lowest BCUT2D eigenvalue weighted by Crippen LogP contribution is -2.52. The molecule has 1 N–H and O–H groups in total. The largest absolute Gasteiger partial charge is 0.493 e. The van der Waals surface area contributed by atoms with Crippen LogP contribution in [-0.2, 0) is 16.6 Å². The molecule has 160 valence electrons. The number of hydrogen-bond acceptors (Lipinski definition) is 5. The van der Waals surface area contributed by atoms with Crippen LogP contribution >= 0.6 is 0 Å². The zero-order valence-corrected chi connectivity index (χ0v) is 18.2. The van der Waals surface area contributed by atoms with Gasteiger partial charge in [-0.2, -0.15) is 0 Å². The molecule has 2 amide bonds. The molecule has 0 aromatic heterocycles. The van der Waals surface area contributed by atoms with Gasteiger partial charge in [0.2, 0.25) is 5.91 Å². The van der Waals surface area contributed by atoms with Crippen LogP contribution in [0.3, 0.4) is 0 Å². The maximum atomic E-state index is 12.9. The summed E-state index contributed by atoms with van der Waals surface area (Å²) in [6.07, 6.45) is 1.56. The summed E-state index contributed by atoms with van der Waals surface area (Å²) in [5, 5.41) is 3.39. The summed E-state index contributed by atoms with van der Waals surface area (Å²) in [6.45, 7) is 5.71. The zero-order valence-electron chi connectivity index (χ0n) is 18.2. The van der Waals surface area contributed by atoms with Crippen molar-refractivity contribution in [1.82, 2.24) is 10.2 Å². The van der Waals surface area contributed by atoms with Crippen molar-refractivity contribution in [3.8, 4) is 11.5 Å². The first kappa shape index (κ1) is 21.8. The van der Waals surface area contributed by atoms with Crippen molar-refractivity contribution in [2.75, 3.05) is 33.9 Å². The number of rotatable bonds is 9. The van der Waals surface area contributed by atoms with Gasteiger partial charge in [0, 0.05) is 12.1 Å². The number of methoxy groups -OCH3 is 2. The number of hydrogen-bond donors (Lipinski definition) is 1. The van der Waals surface area contributed by atoms with Crippen LogP contribution in [0.4, 0.5) is 0 Å². The van der Waals surface area contributed by atoms with Gasteiger partial charge < -0.3 is 14.8 Å². The van der Waals surface area contributed by atoms with Crippen LogP contribution in [0.5, 0.6) is 11.5 Å². The number of carbonyl (C=O) groups excluding carboxylic acids is 2. The molecular formula is C24H30N2O4. The van der Waals surface area contributed by atoms with Gasteiger partial charge in [0.1, 0.15) is 0 Å². The van der Waals surface area contributed by atoms with Crippen LogP contribution in [0.1, 0.15) is 41.8 Å². The van der Waals surface area contributed by atoms with Gasteiger partial charge in [0.25, 0.3) is 5.91 Å². The molecule has 6 heteroatoms. The van der Waals surface area contributed by atoms with Crippen molar-refractivity contribution in [2.24, 2.45) is 0 Å². The van der Waals surface area contributed by atoms with E-state index in [1.54, 1.807) is 20.3 Å². The van der Waals surface area contributed by atoms with Gasteiger partial charge in [0.05, 0.1) is 19.6 Å². The van der Waals surface area contributed by atoms with E-state index in [0.717, 1.165) is 42.1 Å². The molecule has 0 unspecified atom stereocenters. The molecule has 0 saturated carbocycles. The number of nitrogens with zero attached hydrogens (tertiary/aromatic N) is 1. The molecule has 0 atom stereocenters. The smallest absolute Gasteiger partial charge is 0.260 e. The fraction of sp³-hybridized carbons (Fsp3) is 0.417. The third-order valence-electron chi connectivity index (χ3n) is 5.63. The normalized spacial score (nSPS) is 15.1. The van der Waals surface area contributed by atoms with Gasteiger partial charge in [-0.3, -0.25) is 14.5 Å². The SMILES string of the molecule is COc1ccc(CCNCCCN2C(=O)c3ccccc3C(C)(C)C2=O)cc1OC. The van der Waals surface area contributed by atoms with E-state index in [2.05, 4.69) is 5.32 Å². The molecule has 30 heavy (non-hydrogen) atoms. The van der Waals surface area contributed by atoms with E-state index in [1.165, 1.54) is 4.90 Å². The first-order valence-corrected chi connectivity index (χ1v) is 10.3. The van der Waals surface area contributed by atoms with Gasteiger partial charge in [-0.25, -0.2) is 0 Å². The summed E-state index contributed by atoms with van der Waals surface area (Å²) in [4.78, 5) is 27.1. The van der Waals surface area contributed by atoms with Gasteiger partial charge in [0.15, 0.2) is 11.5 Å². The Bertz CT molecular complexity index is 923. The van der Waals surface area contributed by atoms with E-state index in [9.17, 15) is 9.59 Å². The maximum absolute atomic E-state index is 12.9. The van der Waals surface area contributed by atoms with E-state index in [0.29, 0.717) is 18.5 Å². The minimum atomic E-state index is -0.689. The lowest BCUT2D eigenvalue weighted by atomic mass is 9.77. The summed E-state index contributed by atoms with van der Waals surface area (Å²) in [5.41, 5.74) is 1.90. The molecule has 1 aliphatic rings. The predicted molar refractivity (Wildman–Crippen MR) is 116 cm³/mol. The third-order valence-corrected chi connectivity index (χ3v) is 5.63. The van der Waals surface area contributed by atoms with Gasteiger partial charge in [-0.05, 0) is 69.1 Å². The minimum Gasteiger partial charge on any atom is -0.493 e. The van der Waals surface area contributed by atoms with Crippen LogP contribution in [-0.4, -0.2) is 50.6 Å². The van der Waals surface area contributed by atoms with Gasteiger partial charge in [-0.15, -0.1) is 0 Å². The molecule has 0 aliphatic carbocycles. The molecule has 3 rings (SSSR count). The fourth-order valence-electron chi connectivity index (χ4n) is 3.86. The Morgan fingerprint density at radius 2 is 1.70 bits per heavy atom. The van der Waals surface area contributed by atoms with E-state index in [4.69, 9.17) is 9.47 Å². The lowest BCUT2D eigenvalue weighted by Gasteiger charge is -2.37. The molecule has 0 bridgehead atoms. The zero-order chi connectivity index (χ0) is 21.7. The second-order valence-corrected chi connectivity index (χ2v) is 7.98. The first-order valence-electron chi connectivity index (χ1n) is 10.3. The van der Waals surface area contributed by atoms with E-state index in [1.807, 2.05) is 50.2 Å². The quantitative estimate of drug-likeness (QED) is 0.508. The van der Waals surface area contributed by atoms with E-state index >= 15 is 0 Å². The number of fused-ring (bicyclic) bond motifs is 1. The summed E-state index contributed by atoms with van der Waals surface area (Å²) in [5.74, 6) is 1.12. The van der Waals surface area contributed by atoms with Crippen LogP contribution in [0.25, 0.3) is 0 Å². The molecular weight excluding hydrogens is 380 g/mol. The maximum Gasteiger partial charge on any atom is 0.260 e. The highest BCUT2D eigenvalue weighted by atomic mass is 16.5. The highest BCUT2D eigenvalue weighted by molar-refractivity contribution is 6.12. The third kappa shape index (κ3) is 4.33. The van der Waals surface area contributed by atoms with Crippen molar-refractivity contribution in [1.29, 1.82) is 0 Å². The Balaban J connectivity index is 1.49. The molecule has 2 aromatic rings. The molecule has 0 saturated heterocycles. The molecule has 6 nitrogen and oxygen atoms in total. The average molecular weight is 411 g/mol. The standard InChI is InChI=1S/C24H30N2O4/c1-24(2)19-9-6-5-8-18(19)22(27)26(23(24)28)15-7-13-25-14-12-17-10-11-20(29-3)21(16-17)30-4/h5-6,8-11,16,25H,7,12-15H2,1-4H3. The number of carbonyl (C=O) groups is 2. The minimum absolute atomic E-state index is 0.128. The number of imide groups is 1. The molecule has 0 spiro atoms. The predicted octanol–water partition coefficient (Wildman–Crippen LogP) is 3.19. The Morgan fingerprint density at radius 1 is 0.967 bits per heavy atom. The topological polar surface area (TPSA) is 67.9 Å². The number of nitrogens with one attached hydrogen (secondary N) is 1. The molecule has 2 aromatic carbocycles. The van der Waals surface area contributed by atoms with Crippen molar-refractivity contribution in [3.05, 3.63) is 59.2 Å². The highest BCUT2D eigenvalue weighted by Gasteiger charge is 2.43. The van der Waals surface area contributed by atoms with Crippen LogP contribution in [0.15, 0.2) is 42.5 Å². The number of ether oxygens (including phenoxy) is 2. The average Bonchev–Trinajstić information content (AvgIpc) is 2.76. The van der Waals surface area contributed by atoms with Crippen LogP contribution in [0.2, 0.25) is 0 Å². The monoisotopic (exact) mass is 410 g/mol. The van der Waals surface area contributed by atoms with Gasteiger partial charge in [-0.1, -0.05) is 24.3 Å². The number of benzene rings is 2. The van der Waals surface area contributed by atoms with Gasteiger partial charge >= 0.3 is 0 Å². The van der Waals surface area contributed by atoms with Crippen molar-refractivity contribution in [2.45, 2.75) is 32.1 Å². The summed E-state index contributed by atoms with van der Waals surface area (Å²) in [7, 11) is 3.25. The second-order valence-electron chi connectivity index (χ2n) is 7.98. The summed E-state index contributed by atoms with van der Waals surface area (Å²) < 4.78 is 10.6. The van der Waals surface area contributed by atoms with Crippen LogP contribution < -0.4 is 14.8 Å². The lowest BCUT2D eigenvalue weighted by molar-refractivity contribution is -0.134. The Kier molecular flexibility index (Phi) is 6.77. The molecule has 1 aliphatic heterocycles. The Labute approximate surface area is 178 Å². The summed E-state index contributed by atoms with van der Waals surface area (Å²) >= 11 is 0. The Hall–Kier alpha value is -2.86. The summed E-state index contributed by atoms with van der Waals surface area (Å²) in [6, 6.07) is 13.3. The van der Waals surface area contributed by atoms with Crippen LogP contribution in [0, 0.1) is 0 Å². The van der Waals surface area contributed by atoms with Crippen molar-refractivity contribution < 1.29 is 19.1 Å². The fourth-order valence-corrected chi connectivity index (χ4v) is 3.86. The van der Waals surface area contributed by atoms with Crippen molar-refractivity contribution >= 4 is 11.8 Å². The molecule has 1 heterocycles. The molecule has 0 fully saturated rings. The molecule has 0 radical (unpaired) electrons.